The molecule has 1 aromatic carbocycles. The Bertz CT molecular complexity index is 419. The standard InChI is InChI=1S/C15H18/c1-12-6-4-5-7-14(12)13-8-10-15(2,3)11-9-13/h4-10H,11H2,1-3H3. The van der Waals surface area contributed by atoms with Crippen LogP contribution in [0.15, 0.2) is 42.5 Å². The maximum Gasteiger partial charge on any atom is -0.0137 e. The molecule has 0 saturated heterocycles. The van der Waals surface area contributed by atoms with E-state index in [-0.39, 0.29) is 0 Å². The number of benzene rings is 1. The molecular weight excluding hydrogens is 180 g/mol. The Morgan fingerprint density at radius 2 is 1.87 bits per heavy atom. The van der Waals surface area contributed by atoms with Gasteiger partial charge in [0.15, 0.2) is 0 Å². The third-order valence-corrected chi connectivity index (χ3v) is 3.02. The minimum absolute atomic E-state index is 0.326. The first-order valence-corrected chi connectivity index (χ1v) is 5.54. The van der Waals surface area contributed by atoms with Gasteiger partial charge in [0.25, 0.3) is 0 Å². The predicted molar refractivity (Wildman–Crippen MR) is 66.7 cm³/mol. The summed E-state index contributed by atoms with van der Waals surface area (Å²) >= 11 is 0. The van der Waals surface area contributed by atoms with Gasteiger partial charge in [0, 0.05) is 0 Å². The lowest BCUT2D eigenvalue weighted by molar-refractivity contribution is 0.485. The molecule has 0 unspecified atom stereocenters. The molecule has 1 aromatic rings. The van der Waals surface area contributed by atoms with Crippen LogP contribution >= 0.6 is 0 Å². The smallest absolute Gasteiger partial charge is 0.0137 e. The van der Waals surface area contributed by atoms with Gasteiger partial charge in [0.1, 0.15) is 0 Å². The molecule has 0 fully saturated rings. The highest BCUT2D eigenvalue weighted by molar-refractivity contribution is 5.76. The Labute approximate surface area is 92.3 Å². The number of rotatable bonds is 1. The van der Waals surface area contributed by atoms with E-state index in [4.69, 9.17) is 0 Å². The molecule has 0 radical (unpaired) electrons. The van der Waals surface area contributed by atoms with Crippen LogP contribution < -0.4 is 0 Å². The Morgan fingerprint density at radius 1 is 1.13 bits per heavy atom. The van der Waals surface area contributed by atoms with Crippen molar-refractivity contribution in [3.8, 4) is 0 Å². The minimum atomic E-state index is 0.326. The largest absolute Gasteiger partial charge is 0.0779 e. The summed E-state index contributed by atoms with van der Waals surface area (Å²) in [6.07, 6.45) is 8.05. The average Bonchev–Trinajstić information content (AvgIpc) is 2.19. The second-order valence-electron chi connectivity index (χ2n) is 5.00. The van der Waals surface area contributed by atoms with Crippen LogP contribution in [-0.2, 0) is 0 Å². The Kier molecular flexibility index (Phi) is 2.52. The summed E-state index contributed by atoms with van der Waals surface area (Å²) in [4.78, 5) is 0. The van der Waals surface area contributed by atoms with Crippen molar-refractivity contribution < 1.29 is 0 Å². The predicted octanol–water partition coefficient (Wildman–Crippen LogP) is 4.36. The summed E-state index contributed by atoms with van der Waals surface area (Å²) in [6, 6.07) is 8.57. The van der Waals surface area contributed by atoms with Crippen LogP contribution in [-0.4, -0.2) is 0 Å². The number of hydrogen-bond donors (Lipinski definition) is 0. The zero-order valence-electron chi connectivity index (χ0n) is 9.75. The third-order valence-electron chi connectivity index (χ3n) is 3.02. The fourth-order valence-corrected chi connectivity index (χ4v) is 1.92. The SMILES string of the molecule is Cc1ccccc1C1=CCC(C)(C)C=C1. The lowest BCUT2D eigenvalue weighted by Crippen LogP contribution is -2.08. The lowest BCUT2D eigenvalue weighted by atomic mass is 9.82. The highest BCUT2D eigenvalue weighted by Crippen LogP contribution is 2.32. The molecule has 1 aliphatic rings. The van der Waals surface area contributed by atoms with Gasteiger partial charge in [-0.2, -0.15) is 0 Å². The third kappa shape index (κ3) is 2.20. The molecule has 15 heavy (non-hydrogen) atoms. The minimum Gasteiger partial charge on any atom is -0.0779 e. The molecule has 78 valence electrons. The van der Waals surface area contributed by atoms with Crippen LogP contribution in [0, 0.1) is 12.3 Å². The topological polar surface area (TPSA) is 0 Å². The van der Waals surface area contributed by atoms with E-state index in [1.54, 1.807) is 0 Å². The van der Waals surface area contributed by atoms with E-state index in [9.17, 15) is 0 Å². The van der Waals surface area contributed by atoms with Gasteiger partial charge in [-0.15, -0.1) is 0 Å². The van der Waals surface area contributed by atoms with Crippen LogP contribution in [0.4, 0.5) is 0 Å². The fourth-order valence-electron chi connectivity index (χ4n) is 1.92. The van der Waals surface area contributed by atoms with Gasteiger partial charge >= 0.3 is 0 Å². The molecule has 0 saturated carbocycles. The number of allylic oxidation sites excluding steroid dienone is 4. The molecule has 0 heteroatoms. The van der Waals surface area contributed by atoms with Gasteiger partial charge in [-0.05, 0) is 35.5 Å². The molecule has 0 spiro atoms. The van der Waals surface area contributed by atoms with Crippen molar-refractivity contribution in [2.75, 3.05) is 0 Å². The molecule has 0 aromatic heterocycles. The van der Waals surface area contributed by atoms with E-state index in [2.05, 4.69) is 63.3 Å². The van der Waals surface area contributed by atoms with Gasteiger partial charge in [-0.25, -0.2) is 0 Å². The van der Waals surface area contributed by atoms with Crippen LogP contribution in [0.3, 0.4) is 0 Å². The van der Waals surface area contributed by atoms with E-state index in [1.165, 1.54) is 16.7 Å². The van der Waals surface area contributed by atoms with Crippen molar-refractivity contribution >= 4 is 5.57 Å². The molecule has 0 heterocycles. The summed E-state index contributed by atoms with van der Waals surface area (Å²) in [7, 11) is 0. The van der Waals surface area contributed by atoms with Crippen LogP contribution in [0.2, 0.25) is 0 Å². The van der Waals surface area contributed by atoms with Crippen molar-refractivity contribution in [2.45, 2.75) is 27.2 Å². The summed E-state index contributed by atoms with van der Waals surface area (Å²) < 4.78 is 0. The molecule has 1 aliphatic carbocycles. The Hall–Kier alpha value is -1.30. The highest BCUT2D eigenvalue weighted by Gasteiger charge is 2.16. The lowest BCUT2D eigenvalue weighted by Gasteiger charge is -2.23. The van der Waals surface area contributed by atoms with Crippen molar-refractivity contribution in [1.82, 2.24) is 0 Å². The zero-order valence-corrected chi connectivity index (χ0v) is 9.75. The molecule has 2 rings (SSSR count). The van der Waals surface area contributed by atoms with Gasteiger partial charge < -0.3 is 0 Å². The van der Waals surface area contributed by atoms with Gasteiger partial charge in [0.2, 0.25) is 0 Å². The van der Waals surface area contributed by atoms with E-state index < -0.39 is 0 Å². The fraction of sp³-hybridized carbons (Fsp3) is 0.333. The Morgan fingerprint density at radius 3 is 2.47 bits per heavy atom. The van der Waals surface area contributed by atoms with E-state index in [0.717, 1.165) is 6.42 Å². The first-order chi connectivity index (χ1) is 7.08. The molecule has 0 aliphatic heterocycles. The van der Waals surface area contributed by atoms with E-state index >= 15 is 0 Å². The normalized spacial score (nSPS) is 18.7. The van der Waals surface area contributed by atoms with Crippen molar-refractivity contribution in [2.24, 2.45) is 5.41 Å². The maximum absolute atomic E-state index is 2.35. The van der Waals surface area contributed by atoms with Crippen molar-refractivity contribution in [3.63, 3.8) is 0 Å². The van der Waals surface area contributed by atoms with E-state index in [0.29, 0.717) is 5.41 Å². The van der Waals surface area contributed by atoms with Gasteiger partial charge in [-0.1, -0.05) is 56.3 Å². The van der Waals surface area contributed by atoms with Gasteiger partial charge in [-0.3, -0.25) is 0 Å². The van der Waals surface area contributed by atoms with Crippen molar-refractivity contribution in [3.05, 3.63) is 53.6 Å². The van der Waals surface area contributed by atoms with Crippen molar-refractivity contribution in [1.29, 1.82) is 0 Å². The second-order valence-corrected chi connectivity index (χ2v) is 5.00. The summed E-state index contributed by atoms with van der Waals surface area (Å²) in [5.74, 6) is 0. The van der Waals surface area contributed by atoms with Crippen LogP contribution in [0.25, 0.3) is 5.57 Å². The quantitative estimate of drug-likeness (QED) is 0.628. The Balaban J connectivity index is 2.32. The molecule has 0 bridgehead atoms. The van der Waals surface area contributed by atoms with Crippen LogP contribution in [0.5, 0.6) is 0 Å². The summed E-state index contributed by atoms with van der Waals surface area (Å²) in [6.45, 7) is 6.72. The first-order valence-electron chi connectivity index (χ1n) is 5.54. The highest BCUT2D eigenvalue weighted by atomic mass is 14.2. The average molecular weight is 198 g/mol. The molecule has 0 amide bonds. The second kappa shape index (κ2) is 3.69. The number of aryl methyl sites for hydroxylation is 1. The van der Waals surface area contributed by atoms with E-state index in [1.807, 2.05) is 0 Å². The zero-order chi connectivity index (χ0) is 10.9. The first kappa shape index (κ1) is 10.2. The molecule has 0 N–H and O–H groups in total. The molecule has 0 nitrogen and oxygen atoms in total. The number of hydrogen-bond acceptors (Lipinski definition) is 0. The summed E-state index contributed by atoms with van der Waals surface area (Å²) in [5, 5.41) is 0. The molecule has 0 atom stereocenters. The van der Waals surface area contributed by atoms with Crippen LogP contribution in [0.1, 0.15) is 31.4 Å². The van der Waals surface area contributed by atoms with Gasteiger partial charge in [0.05, 0.1) is 0 Å². The molecular formula is C15H18. The monoisotopic (exact) mass is 198 g/mol. The summed E-state index contributed by atoms with van der Waals surface area (Å²) in [5.41, 5.74) is 4.41. The maximum atomic E-state index is 2.35.